The molecule has 4 rings (SSSR count). The SMILES string of the molecule is COCC1(C(=O)N2CCc3c(-c4ccccc4)nn(C)c3CC2)CCC1. The van der Waals surface area contributed by atoms with Gasteiger partial charge in [0, 0.05) is 50.5 Å². The highest BCUT2D eigenvalue weighted by Gasteiger charge is 2.46. The fourth-order valence-corrected chi connectivity index (χ4v) is 4.44. The minimum Gasteiger partial charge on any atom is -0.384 e. The van der Waals surface area contributed by atoms with Crippen molar-refractivity contribution in [3.05, 3.63) is 41.6 Å². The van der Waals surface area contributed by atoms with Gasteiger partial charge in [0.1, 0.15) is 0 Å². The first-order valence-corrected chi connectivity index (χ1v) is 9.53. The molecule has 0 unspecified atom stereocenters. The Kier molecular flexibility index (Phi) is 4.57. The number of carbonyl (C=O) groups excluding carboxylic acids is 1. The van der Waals surface area contributed by atoms with Gasteiger partial charge in [-0.15, -0.1) is 0 Å². The van der Waals surface area contributed by atoms with Gasteiger partial charge in [-0.1, -0.05) is 36.8 Å². The highest BCUT2D eigenvalue weighted by atomic mass is 16.5. The second-order valence-corrected chi connectivity index (χ2v) is 7.62. The Morgan fingerprint density at radius 2 is 1.92 bits per heavy atom. The van der Waals surface area contributed by atoms with Crippen molar-refractivity contribution in [3.63, 3.8) is 0 Å². The molecule has 0 spiro atoms. The molecule has 1 aliphatic heterocycles. The molecule has 2 heterocycles. The Hall–Kier alpha value is -2.14. The maximum absolute atomic E-state index is 13.2. The summed E-state index contributed by atoms with van der Waals surface area (Å²) in [5.74, 6) is 0.285. The molecule has 138 valence electrons. The Morgan fingerprint density at radius 1 is 1.19 bits per heavy atom. The molecule has 1 aromatic carbocycles. The van der Waals surface area contributed by atoms with Crippen LogP contribution < -0.4 is 0 Å². The summed E-state index contributed by atoms with van der Waals surface area (Å²) < 4.78 is 7.37. The van der Waals surface area contributed by atoms with Crippen molar-refractivity contribution in [2.45, 2.75) is 32.1 Å². The van der Waals surface area contributed by atoms with Gasteiger partial charge in [-0.3, -0.25) is 9.48 Å². The van der Waals surface area contributed by atoms with Crippen LogP contribution in [0.5, 0.6) is 0 Å². The number of rotatable bonds is 4. The Morgan fingerprint density at radius 3 is 2.58 bits per heavy atom. The van der Waals surface area contributed by atoms with Crippen molar-refractivity contribution in [1.82, 2.24) is 14.7 Å². The quantitative estimate of drug-likeness (QED) is 0.849. The van der Waals surface area contributed by atoms with Crippen LogP contribution in [-0.4, -0.2) is 47.4 Å². The topological polar surface area (TPSA) is 47.4 Å². The van der Waals surface area contributed by atoms with Crippen LogP contribution in [-0.2, 0) is 29.4 Å². The van der Waals surface area contributed by atoms with Crippen LogP contribution in [0.1, 0.15) is 30.5 Å². The molecule has 1 saturated carbocycles. The summed E-state index contributed by atoms with van der Waals surface area (Å²) in [6.07, 6.45) is 4.77. The van der Waals surface area contributed by atoms with Gasteiger partial charge in [0.05, 0.1) is 17.7 Å². The summed E-state index contributed by atoms with van der Waals surface area (Å²) in [6.45, 7) is 2.08. The number of benzene rings is 1. The number of carbonyl (C=O) groups is 1. The molecule has 5 nitrogen and oxygen atoms in total. The number of hydrogen-bond donors (Lipinski definition) is 0. The molecule has 0 saturated heterocycles. The molecule has 0 bridgehead atoms. The second kappa shape index (κ2) is 6.88. The number of aromatic nitrogens is 2. The number of ether oxygens (including phenoxy) is 1. The number of nitrogens with zero attached hydrogens (tertiary/aromatic N) is 3. The van der Waals surface area contributed by atoms with E-state index in [2.05, 4.69) is 17.0 Å². The molecule has 2 aromatic rings. The fraction of sp³-hybridized carbons (Fsp3) is 0.524. The van der Waals surface area contributed by atoms with E-state index in [1.165, 1.54) is 11.3 Å². The van der Waals surface area contributed by atoms with Crippen LogP contribution in [0, 0.1) is 5.41 Å². The maximum atomic E-state index is 13.2. The van der Waals surface area contributed by atoms with Crippen LogP contribution in [0.4, 0.5) is 0 Å². The summed E-state index contributed by atoms with van der Waals surface area (Å²) in [6, 6.07) is 10.3. The zero-order chi connectivity index (χ0) is 18.1. The van der Waals surface area contributed by atoms with Gasteiger partial charge in [0.15, 0.2) is 0 Å². The van der Waals surface area contributed by atoms with Gasteiger partial charge in [-0.2, -0.15) is 5.10 Å². The van der Waals surface area contributed by atoms with Crippen LogP contribution in [0.3, 0.4) is 0 Å². The van der Waals surface area contributed by atoms with E-state index in [4.69, 9.17) is 9.84 Å². The summed E-state index contributed by atoms with van der Waals surface area (Å²) in [7, 11) is 3.71. The smallest absolute Gasteiger partial charge is 0.231 e. The van der Waals surface area contributed by atoms with E-state index in [0.717, 1.165) is 56.5 Å². The number of amides is 1. The van der Waals surface area contributed by atoms with Crippen LogP contribution in [0.15, 0.2) is 30.3 Å². The first kappa shape index (κ1) is 17.3. The highest BCUT2D eigenvalue weighted by molar-refractivity contribution is 5.84. The van der Waals surface area contributed by atoms with Gasteiger partial charge in [0.25, 0.3) is 0 Å². The van der Waals surface area contributed by atoms with E-state index in [9.17, 15) is 4.79 Å². The van der Waals surface area contributed by atoms with Crippen molar-refractivity contribution in [1.29, 1.82) is 0 Å². The Bertz CT molecular complexity index is 793. The molecule has 0 atom stereocenters. The van der Waals surface area contributed by atoms with Crippen LogP contribution in [0.2, 0.25) is 0 Å². The molecule has 2 aliphatic rings. The Labute approximate surface area is 154 Å². The number of methoxy groups -OCH3 is 1. The van der Waals surface area contributed by atoms with E-state index < -0.39 is 0 Å². The van der Waals surface area contributed by atoms with Gasteiger partial charge in [0.2, 0.25) is 5.91 Å². The van der Waals surface area contributed by atoms with Gasteiger partial charge in [-0.05, 0) is 19.3 Å². The highest BCUT2D eigenvalue weighted by Crippen LogP contribution is 2.43. The minimum atomic E-state index is -0.272. The number of aryl methyl sites for hydroxylation is 1. The van der Waals surface area contributed by atoms with E-state index in [1.807, 2.05) is 29.9 Å². The summed E-state index contributed by atoms with van der Waals surface area (Å²) in [5.41, 5.74) is 4.50. The van der Waals surface area contributed by atoms with Crippen molar-refractivity contribution >= 4 is 5.91 Å². The molecular weight excluding hydrogens is 326 g/mol. The van der Waals surface area contributed by atoms with Gasteiger partial charge < -0.3 is 9.64 Å². The normalized spacial score (nSPS) is 18.8. The molecule has 0 radical (unpaired) electrons. The molecule has 1 fully saturated rings. The predicted octanol–water partition coefficient (Wildman–Crippen LogP) is 2.83. The predicted molar refractivity (Wildman–Crippen MR) is 101 cm³/mol. The zero-order valence-electron chi connectivity index (χ0n) is 15.7. The molecule has 26 heavy (non-hydrogen) atoms. The third-order valence-electron chi connectivity index (χ3n) is 6.04. The molecule has 1 aromatic heterocycles. The lowest BCUT2D eigenvalue weighted by atomic mass is 9.68. The average molecular weight is 353 g/mol. The standard InChI is InChI=1S/C21H27N3O2/c1-23-18-10-14-24(20(25)21(15-26-2)11-6-12-21)13-9-17(18)19(22-23)16-7-4-3-5-8-16/h3-5,7-8H,6,9-15H2,1-2H3. The summed E-state index contributed by atoms with van der Waals surface area (Å²) in [5, 5.41) is 4.77. The van der Waals surface area contributed by atoms with Crippen LogP contribution >= 0.6 is 0 Å². The van der Waals surface area contributed by atoms with E-state index in [-0.39, 0.29) is 11.3 Å². The average Bonchev–Trinajstić information content (AvgIpc) is 2.81. The monoisotopic (exact) mass is 353 g/mol. The second-order valence-electron chi connectivity index (χ2n) is 7.62. The van der Waals surface area contributed by atoms with Crippen LogP contribution in [0.25, 0.3) is 11.3 Å². The lowest BCUT2D eigenvalue weighted by Crippen LogP contribution is -2.51. The first-order valence-electron chi connectivity index (χ1n) is 9.53. The summed E-state index contributed by atoms with van der Waals surface area (Å²) >= 11 is 0. The largest absolute Gasteiger partial charge is 0.384 e. The lowest BCUT2D eigenvalue weighted by Gasteiger charge is -2.42. The third-order valence-corrected chi connectivity index (χ3v) is 6.04. The first-order chi connectivity index (χ1) is 12.6. The van der Waals surface area contributed by atoms with Crippen molar-refractivity contribution < 1.29 is 9.53 Å². The molecule has 5 heteroatoms. The van der Waals surface area contributed by atoms with Crippen molar-refractivity contribution in [3.8, 4) is 11.3 Å². The van der Waals surface area contributed by atoms with Crippen molar-refractivity contribution in [2.75, 3.05) is 26.8 Å². The third kappa shape index (κ3) is 2.84. The molecule has 1 aliphatic carbocycles. The zero-order valence-corrected chi connectivity index (χ0v) is 15.7. The van der Waals surface area contributed by atoms with Crippen molar-refractivity contribution in [2.24, 2.45) is 12.5 Å². The van der Waals surface area contributed by atoms with E-state index in [0.29, 0.717) is 6.61 Å². The van der Waals surface area contributed by atoms with Gasteiger partial charge in [-0.25, -0.2) is 0 Å². The molecule has 0 N–H and O–H groups in total. The molecular formula is C21H27N3O2. The maximum Gasteiger partial charge on any atom is 0.231 e. The summed E-state index contributed by atoms with van der Waals surface area (Å²) in [4.78, 5) is 15.2. The molecule has 1 amide bonds. The fourth-order valence-electron chi connectivity index (χ4n) is 4.44. The number of hydrogen-bond acceptors (Lipinski definition) is 3. The van der Waals surface area contributed by atoms with E-state index >= 15 is 0 Å². The number of fused-ring (bicyclic) bond motifs is 1. The lowest BCUT2D eigenvalue weighted by molar-refractivity contribution is -0.152. The minimum absolute atomic E-state index is 0.272. The Balaban J connectivity index is 1.57. The van der Waals surface area contributed by atoms with Gasteiger partial charge >= 0.3 is 0 Å². The van der Waals surface area contributed by atoms with E-state index in [1.54, 1.807) is 7.11 Å².